The third-order valence-electron chi connectivity index (χ3n) is 5.45. The van der Waals surface area contributed by atoms with Crippen LogP contribution in [0, 0.1) is 11.3 Å². The molecule has 5 nitrogen and oxygen atoms in total. The first-order valence-electron chi connectivity index (χ1n) is 9.72. The van der Waals surface area contributed by atoms with E-state index in [0.29, 0.717) is 28.7 Å². The number of thioether (sulfide) groups is 1. The normalized spacial score (nSPS) is 18.5. The first-order valence-corrected chi connectivity index (χ1v) is 11.1. The molecule has 1 N–H and O–H groups in total. The average Bonchev–Trinajstić information content (AvgIpc) is 2.77. The number of halogens is 1. The second kappa shape index (κ2) is 8.95. The van der Waals surface area contributed by atoms with Gasteiger partial charge in [0.1, 0.15) is 0 Å². The summed E-state index contributed by atoms with van der Waals surface area (Å²) in [6.07, 6.45) is 1.04. The highest BCUT2D eigenvalue weighted by Gasteiger charge is 2.30. The maximum absolute atomic E-state index is 12.8. The molecule has 1 atom stereocenters. The van der Waals surface area contributed by atoms with Crippen LogP contribution in [0.2, 0.25) is 5.02 Å². The van der Waals surface area contributed by atoms with Crippen molar-refractivity contribution in [2.45, 2.75) is 25.3 Å². The lowest BCUT2D eigenvalue weighted by atomic mass is 9.87. The quantitative estimate of drug-likeness (QED) is 0.784. The first kappa shape index (κ1) is 20.5. The number of hydrogen-bond donors (Lipinski definition) is 1. The summed E-state index contributed by atoms with van der Waals surface area (Å²) >= 11 is 7.19. The molecule has 2 heterocycles. The van der Waals surface area contributed by atoms with Crippen LogP contribution in [0.15, 0.2) is 59.1 Å². The molecule has 2 aliphatic heterocycles. The maximum Gasteiger partial charge on any atom is 0.233 e. The number of carbonyl (C=O) groups is 2. The number of nitrogens with zero attached hydrogens (tertiary/aromatic N) is 2. The van der Waals surface area contributed by atoms with Crippen LogP contribution in [0.3, 0.4) is 0 Å². The van der Waals surface area contributed by atoms with Crippen molar-refractivity contribution in [3.8, 4) is 6.07 Å². The number of fused-ring (bicyclic) bond motifs is 1. The van der Waals surface area contributed by atoms with E-state index in [2.05, 4.69) is 23.5 Å². The monoisotopic (exact) mass is 437 g/mol. The number of carbonyl (C=O) groups excluding carboxylic acids is 2. The van der Waals surface area contributed by atoms with Crippen molar-refractivity contribution in [2.24, 2.45) is 0 Å². The highest BCUT2D eigenvalue weighted by atomic mass is 35.5. The molecule has 0 saturated carbocycles. The molecule has 0 aromatic heterocycles. The highest BCUT2D eigenvalue weighted by Crippen LogP contribution is 2.36. The SMILES string of the molecule is N#CC1=C(SCC(=O)N2CCc3ccccc3C2)NC(=O)C[C@H]1c1ccc(Cl)cc1. The van der Waals surface area contributed by atoms with Crippen LogP contribution >= 0.6 is 23.4 Å². The summed E-state index contributed by atoms with van der Waals surface area (Å²) in [4.78, 5) is 26.9. The molecule has 0 spiro atoms. The van der Waals surface area contributed by atoms with Crippen molar-refractivity contribution >= 4 is 35.2 Å². The molecule has 2 aliphatic rings. The molecule has 0 bridgehead atoms. The Kier molecular flexibility index (Phi) is 6.12. The van der Waals surface area contributed by atoms with E-state index in [1.54, 1.807) is 12.1 Å². The van der Waals surface area contributed by atoms with Gasteiger partial charge >= 0.3 is 0 Å². The Morgan fingerprint density at radius 2 is 1.93 bits per heavy atom. The number of allylic oxidation sites excluding steroid dienone is 1. The van der Waals surface area contributed by atoms with Crippen LogP contribution in [0.1, 0.15) is 29.0 Å². The molecule has 0 saturated heterocycles. The van der Waals surface area contributed by atoms with Crippen molar-refractivity contribution in [2.75, 3.05) is 12.3 Å². The molecular weight excluding hydrogens is 418 g/mol. The zero-order valence-corrected chi connectivity index (χ0v) is 17.8. The molecule has 0 unspecified atom stereocenters. The van der Waals surface area contributed by atoms with E-state index in [4.69, 9.17) is 11.6 Å². The topological polar surface area (TPSA) is 73.2 Å². The van der Waals surface area contributed by atoms with Gasteiger partial charge < -0.3 is 10.2 Å². The number of amides is 2. The first-order chi connectivity index (χ1) is 14.5. The summed E-state index contributed by atoms with van der Waals surface area (Å²) in [5.41, 5.74) is 3.81. The van der Waals surface area contributed by atoms with Gasteiger partial charge in [-0.1, -0.05) is 59.8 Å². The van der Waals surface area contributed by atoms with Crippen molar-refractivity contribution in [1.82, 2.24) is 10.2 Å². The van der Waals surface area contributed by atoms with Gasteiger partial charge in [-0.3, -0.25) is 9.59 Å². The molecule has 152 valence electrons. The van der Waals surface area contributed by atoms with Crippen LogP contribution in [0.25, 0.3) is 0 Å². The van der Waals surface area contributed by atoms with Crippen LogP contribution in [0.5, 0.6) is 0 Å². The molecule has 7 heteroatoms. The van der Waals surface area contributed by atoms with Gasteiger partial charge in [0.2, 0.25) is 11.8 Å². The molecular formula is C23H20ClN3O2S. The van der Waals surface area contributed by atoms with Gasteiger partial charge in [-0.05, 0) is 35.2 Å². The third-order valence-corrected chi connectivity index (χ3v) is 6.71. The Hall–Kier alpha value is -2.75. The van der Waals surface area contributed by atoms with Gasteiger partial charge in [0.05, 0.1) is 22.4 Å². The summed E-state index contributed by atoms with van der Waals surface area (Å²) in [7, 11) is 0. The maximum atomic E-state index is 12.8. The number of nitrogens with one attached hydrogen (secondary N) is 1. The minimum absolute atomic E-state index is 0.00200. The van der Waals surface area contributed by atoms with E-state index < -0.39 is 0 Å². The summed E-state index contributed by atoms with van der Waals surface area (Å²) < 4.78 is 0. The van der Waals surface area contributed by atoms with Gasteiger partial charge in [0.25, 0.3) is 0 Å². The molecule has 30 heavy (non-hydrogen) atoms. The molecule has 2 aromatic carbocycles. The van der Waals surface area contributed by atoms with Gasteiger partial charge in [-0.25, -0.2) is 0 Å². The summed E-state index contributed by atoms with van der Waals surface area (Å²) in [5.74, 6) is -0.311. The molecule has 2 aromatic rings. The zero-order valence-electron chi connectivity index (χ0n) is 16.2. The Morgan fingerprint density at radius 3 is 2.67 bits per heavy atom. The fourth-order valence-corrected chi connectivity index (χ4v) is 4.95. The minimum Gasteiger partial charge on any atom is -0.337 e. The Bertz CT molecular complexity index is 1060. The largest absolute Gasteiger partial charge is 0.337 e. The van der Waals surface area contributed by atoms with Crippen LogP contribution in [-0.4, -0.2) is 29.0 Å². The smallest absolute Gasteiger partial charge is 0.233 e. The molecule has 0 aliphatic carbocycles. The number of hydrogen-bond acceptors (Lipinski definition) is 4. The lowest BCUT2D eigenvalue weighted by Crippen LogP contribution is -2.37. The Balaban J connectivity index is 1.48. The van der Waals surface area contributed by atoms with Crippen molar-refractivity contribution in [3.05, 3.63) is 80.8 Å². The second-order valence-electron chi connectivity index (χ2n) is 7.33. The molecule has 0 radical (unpaired) electrons. The summed E-state index contributed by atoms with van der Waals surface area (Å²) in [6.45, 7) is 1.28. The average molecular weight is 438 g/mol. The lowest BCUT2D eigenvalue weighted by molar-refractivity contribution is -0.129. The highest BCUT2D eigenvalue weighted by molar-refractivity contribution is 8.03. The standard InChI is InChI=1S/C23H20ClN3O2S/c24-18-7-5-16(6-8-18)19-11-21(28)26-23(20(19)12-25)30-14-22(29)27-10-9-15-3-1-2-4-17(15)13-27/h1-8,19H,9-11,13-14H2,(H,26,28)/t19-/m0/s1. The van der Waals surface area contributed by atoms with E-state index in [9.17, 15) is 14.9 Å². The van der Waals surface area contributed by atoms with Crippen LogP contribution < -0.4 is 5.32 Å². The predicted octanol–water partition coefficient (Wildman–Crippen LogP) is 4.00. The predicted molar refractivity (Wildman–Crippen MR) is 118 cm³/mol. The van der Waals surface area contributed by atoms with Crippen molar-refractivity contribution in [1.29, 1.82) is 5.26 Å². The fraction of sp³-hybridized carbons (Fsp3) is 0.261. The number of rotatable bonds is 4. The Morgan fingerprint density at radius 1 is 1.20 bits per heavy atom. The van der Waals surface area contributed by atoms with E-state index in [1.807, 2.05) is 29.2 Å². The summed E-state index contributed by atoms with van der Waals surface area (Å²) in [6, 6.07) is 17.6. The number of benzene rings is 2. The van der Waals surface area contributed by atoms with E-state index in [0.717, 1.165) is 12.0 Å². The zero-order chi connectivity index (χ0) is 21.1. The lowest BCUT2D eigenvalue weighted by Gasteiger charge is -2.29. The molecule has 4 rings (SSSR count). The second-order valence-corrected chi connectivity index (χ2v) is 8.76. The van der Waals surface area contributed by atoms with Crippen molar-refractivity contribution < 1.29 is 9.59 Å². The van der Waals surface area contributed by atoms with E-state index in [1.165, 1.54) is 22.9 Å². The molecule has 0 fully saturated rings. The van der Waals surface area contributed by atoms with Crippen LogP contribution in [0.4, 0.5) is 0 Å². The minimum atomic E-state index is -0.333. The fourth-order valence-electron chi connectivity index (χ4n) is 3.85. The van der Waals surface area contributed by atoms with Gasteiger partial charge in [-0.15, -0.1) is 0 Å². The third kappa shape index (κ3) is 4.38. The summed E-state index contributed by atoms with van der Waals surface area (Å²) in [5, 5.41) is 13.6. The molecule has 2 amide bonds. The number of nitriles is 1. The van der Waals surface area contributed by atoms with E-state index in [-0.39, 0.29) is 29.9 Å². The van der Waals surface area contributed by atoms with Gasteiger partial charge in [-0.2, -0.15) is 5.26 Å². The Labute approximate surface area is 184 Å². The van der Waals surface area contributed by atoms with Crippen molar-refractivity contribution in [3.63, 3.8) is 0 Å². The van der Waals surface area contributed by atoms with Crippen LogP contribution in [-0.2, 0) is 22.6 Å². The van der Waals surface area contributed by atoms with Gasteiger partial charge in [0, 0.05) is 30.5 Å². The van der Waals surface area contributed by atoms with Gasteiger partial charge in [0.15, 0.2) is 0 Å². The van der Waals surface area contributed by atoms with E-state index >= 15 is 0 Å².